The quantitative estimate of drug-likeness (QED) is 0.794. The van der Waals surface area contributed by atoms with Crippen LogP contribution in [0.5, 0.6) is 0 Å². The fourth-order valence-electron chi connectivity index (χ4n) is 2.87. The minimum Gasteiger partial charge on any atom is -0.389 e. The van der Waals surface area contributed by atoms with Crippen molar-refractivity contribution in [1.82, 2.24) is 24.4 Å². The number of hydrogen-bond acceptors (Lipinski definition) is 6. The van der Waals surface area contributed by atoms with E-state index in [-0.39, 0.29) is 5.91 Å². The number of piperazine rings is 1. The molecule has 1 N–H and O–H groups in total. The van der Waals surface area contributed by atoms with Gasteiger partial charge in [0.2, 0.25) is 0 Å². The van der Waals surface area contributed by atoms with Gasteiger partial charge in [-0.1, -0.05) is 0 Å². The summed E-state index contributed by atoms with van der Waals surface area (Å²) in [7, 11) is 0. The van der Waals surface area contributed by atoms with Crippen molar-refractivity contribution in [1.29, 1.82) is 0 Å². The Hall–Kier alpha value is -2.03. The van der Waals surface area contributed by atoms with E-state index in [0.29, 0.717) is 38.4 Å². The number of ether oxygens (including phenoxy) is 1. The third-order valence-electron chi connectivity index (χ3n) is 4.18. The zero-order chi connectivity index (χ0) is 16.9. The highest BCUT2D eigenvalue weighted by atomic mass is 16.5. The Labute approximate surface area is 140 Å². The maximum Gasteiger partial charge on any atom is 0.255 e. The van der Waals surface area contributed by atoms with Crippen LogP contribution >= 0.6 is 0 Å². The van der Waals surface area contributed by atoms with Crippen LogP contribution in [0.1, 0.15) is 17.3 Å². The number of rotatable bonds is 6. The third-order valence-corrected chi connectivity index (χ3v) is 4.18. The Morgan fingerprint density at radius 3 is 2.88 bits per heavy atom. The second kappa shape index (κ2) is 7.69. The molecule has 0 aliphatic carbocycles. The van der Waals surface area contributed by atoms with Crippen molar-refractivity contribution in [2.45, 2.75) is 13.0 Å². The highest BCUT2D eigenvalue weighted by molar-refractivity contribution is 5.94. The zero-order valence-electron chi connectivity index (χ0n) is 13.8. The summed E-state index contributed by atoms with van der Waals surface area (Å²) in [6, 6.07) is 3.57. The Morgan fingerprint density at radius 2 is 2.12 bits per heavy atom. The van der Waals surface area contributed by atoms with Crippen molar-refractivity contribution < 1.29 is 14.6 Å². The van der Waals surface area contributed by atoms with Gasteiger partial charge in [0.25, 0.3) is 5.91 Å². The number of carbonyl (C=O) groups excluding carboxylic acids is 1. The summed E-state index contributed by atoms with van der Waals surface area (Å²) in [5.41, 5.74) is 1.35. The molecule has 3 heterocycles. The molecule has 1 aliphatic rings. The molecular formula is C16H23N5O3. The minimum atomic E-state index is -0.483. The van der Waals surface area contributed by atoms with Gasteiger partial charge in [0.05, 0.1) is 18.3 Å². The molecule has 1 aliphatic heterocycles. The number of hydrogen-bond donors (Lipinski definition) is 1. The van der Waals surface area contributed by atoms with Crippen molar-refractivity contribution in [2.75, 3.05) is 45.9 Å². The van der Waals surface area contributed by atoms with Crippen molar-refractivity contribution in [2.24, 2.45) is 0 Å². The molecule has 0 unspecified atom stereocenters. The van der Waals surface area contributed by atoms with E-state index in [1.165, 1.54) is 0 Å². The molecule has 0 aromatic carbocycles. The lowest BCUT2D eigenvalue weighted by atomic mass is 10.2. The van der Waals surface area contributed by atoms with E-state index < -0.39 is 6.10 Å². The second-order valence-corrected chi connectivity index (χ2v) is 5.92. The van der Waals surface area contributed by atoms with Gasteiger partial charge in [-0.05, 0) is 19.1 Å². The molecule has 1 amide bonds. The molecule has 0 radical (unpaired) electrons. The van der Waals surface area contributed by atoms with Crippen LogP contribution in [-0.2, 0) is 4.74 Å². The molecule has 3 rings (SSSR count). The van der Waals surface area contributed by atoms with Crippen molar-refractivity contribution in [3.05, 3.63) is 30.2 Å². The number of β-amino-alcohol motifs (C(OH)–C–C–N with tert-alkyl or cyclic N) is 1. The summed E-state index contributed by atoms with van der Waals surface area (Å²) >= 11 is 0. The number of fused-ring (bicyclic) bond motifs is 1. The van der Waals surface area contributed by atoms with Crippen molar-refractivity contribution in [3.63, 3.8) is 0 Å². The van der Waals surface area contributed by atoms with E-state index in [2.05, 4.69) is 15.1 Å². The standard InChI is InChI=1S/C16H23N5O3/c1-2-24-11-14(22)10-19-5-7-20(8-6-19)16(23)13-3-4-15-18-17-12-21(15)9-13/h3-4,9,12,14,22H,2,5-8,10-11H2,1H3/t14-/m0/s1. The first kappa shape index (κ1) is 16.8. The molecule has 0 spiro atoms. The van der Waals surface area contributed by atoms with Crippen LogP contribution in [0, 0.1) is 0 Å². The molecule has 2 aromatic heterocycles. The average molecular weight is 333 g/mol. The van der Waals surface area contributed by atoms with Gasteiger partial charge >= 0.3 is 0 Å². The molecule has 1 atom stereocenters. The van der Waals surface area contributed by atoms with Crippen LogP contribution in [-0.4, -0.2) is 87.5 Å². The van der Waals surface area contributed by atoms with Crippen LogP contribution in [0.2, 0.25) is 0 Å². The van der Waals surface area contributed by atoms with E-state index in [1.54, 1.807) is 29.1 Å². The summed E-state index contributed by atoms with van der Waals surface area (Å²) in [5.74, 6) is 0.0140. The molecule has 1 saturated heterocycles. The minimum absolute atomic E-state index is 0.0140. The van der Waals surface area contributed by atoms with Crippen LogP contribution in [0.4, 0.5) is 0 Å². The van der Waals surface area contributed by atoms with Crippen LogP contribution in [0.25, 0.3) is 5.65 Å². The topological polar surface area (TPSA) is 83.2 Å². The number of pyridine rings is 1. The molecule has 8 nitrogen and oxygen atoms in total. The van der Waals surface area contributed by atoms with Crippen LogP contribution < -0.4 is 0 Å². The van der Waals surface area contributed by atoms with E-state index >= 15 is 0 Å². The first-order valence-corrected chi connectivity index (χ1v) is 8.24. The first-order chi connectivity index (χ1) is 11.7. The van der Waals surface area contributed by atoms with Gasteiger partial charge in [-0.3, -0.25) is 14.1 Å². The number of aromatic nitrogens is 3. The number of carbonyl (C=O) groups is 1. The predicted molar refractivity (Wildman–Crippen MR) is 87.8 cm³/mol. The van der Waals surface area contributed by atoms with E-state index in [1.807, 2.05) is 11.8 Å². The highest BCUT2D eigenvalue weighted by Gasteiger charge is 2.23. The van der Waals surface area contributed by atoms with E-state index in [0.717, 1.165) is 18.7 Å². The highest BCUT2D eigenvalue weighted by Crippen LogP contribution is 2.10. The maximum absolute atomic E-state index is 12.6. The Balaban J connectivity index is 1.53. The fourth-order valence-corrected chi connectivity index (χ4v) is 2.87. The Kier molecular flexibility index (Phi) is 5.39. The van der Waals surface area contributed by atoms with Crippen molar-refractivity contribution in [3.8, 4) is 0 Å². The van der Waals surface area contributed by atoms with E-state index in [9.17, 15) is 9.90 Å². The van der Waals surface area contributed by atoms with Gasteiger partial charge in [-0.15, -0.1) is 10.2 Å². The predicted octanol–water partition coefficient (Wildman–Crippen LogP) is -0.115. The summed E-state index contributed by atoms with van der Waals surface area (Å²) in [4.78, 5) is 16.6. The molecule has 0 saturated carbocycles. The van der Waals surface area contributed by atoms with Gasteiger partial charge in [-0.2, -0.15) is 0 Å². The lowest BCUT2D eigenvalue weighted by Crippen LogP contribution is -2.50. The monoisotopic (exact) mass is 333 g/mol. The van der Waals surface area contributed by atoms with Crippen LogP contribution in [0.3, 0.4) is 0 Å². The fraction of sp³-hybridized carbons (Fsp3) is 0.562. The molecule has 0 bridgehead atoms. The number of nitrogens with zero attached hydrogens (tertiary/aromatic N) is 5. The summed E-state index contributed by atoms with van der Waals surface area (Å²) in [5, 5.41) is 17.7. The van der Waals surface area contributed by atoms with Gasteiger partial charge < -0.3 is 14.7 Å². The molecule has 8 heteroatoms. The first-order valence-electron chi connectivity index (χ1n) is 8.24. The smallest absolute Gasteiger partial charge is 0.255 e. The SMILES string of the molecule is CCOC[C@@H](O)CN1CCN(C(=O)c2ccc3nncn3c2)CC1. The lowest BCUT2D eigenvalue weighted by Gasteiger charge is -2.35. The van der Waals surface area contributed by atoms with Gasteiger partial charge in [0, 0.05) is 45.5 Å². The second-order valence-electron chi connectivity index (χ2n) is 5.92. The summed E-state index contributed by atoms with van der Waals surface area (Å²) in [6.07, 6.45) is 2.86. The number of aliphatic hydroxyl groups is 1. The van der Waals surface area contributed by atoms with E-state index in [4.69, 9.17) is 4.74 Å². The molecule has 130 valence electrons. The van der Waals surface area contributed by atoms with Gasteiger partial charge in [0.15, 0.2) is 5.65 Å². The van der Waals surface area contributed by atoms with Gasteiger partial charge in [-0.25, -0.2) is 0 Å². The number of aliphatic hydroxyl groups excluding tert-OH is 1. The Morgan fingerprint density at radius 1 is 1.33 bits per heavy atom. The number of amides is 1. The van der Waals surface area contributed by atoms with Crippen molar-refractivity contribution >= 4 is 11.6 Å². The molecule has 1 fully saturated rings. The average Bonchev–Trinajstić information content (AvgIpc) is 3.07. The van der Waals surface area contributed by atoms with Gasteiger partial charge in [0.1, 0.15) is 6.33 Å². The summed E-state index contributed by atoms with van der Waals surface area (Å²) in [6.45, 7) is 6.27. The zero-order valence-corrected chi connectivity index (χ0v) is 13.8. The van der Waals surface area contributed by atoms with Crippen LogP contribution in [0.15, 0.2) is 24.7 Å². The maximum atomic E-state index is 12.6. The molecular weight excluding hydrogens is 310 g/mol. The molecule has 2 aromatic rings. The molecule has 24 heavy (non-hydrogen) atoms. The lowest BCUT2D eigenvalue weighted by molar-refractivity contribution is 0.0111. The Bertz CT molecular complexity index is 681. The largest absolute Gasteiger partial charge is 0.389 e. The third kappa shape index (κ3) is 3.89. The summed E-state index contributed by atoms with van der Waals surface area (Å²) < 4.78 is 6.97. The normalized spacial score (nSPS) is 17.3.